The summed E-state index contributed by atoms with van der Waals surface area (Å²) < 4.78 is 10.5. The minimum atomic E-state index is -0.0612. The third kappa shape index (κ3) is 4.20. The highest BCUT2D eigenvalue weighted by Gasteiger charge is 2.37. The van der Waals surface area contributed by atoms with Crippen molar-refractivity contribution in [2.75, 3.05) is 6.61 Å². The lowest BCUT2D eigenvalue weighted by Crippen LogP contribution is -2.21. The van der Waals surface area contributed by atoms with Gasteiger partial charge in [0.25, 0.3) is 0 Å². The average molecular weight is 214 g/mol. The third-order valence-electron chi connectivity index (χ3n) is 2.74. The second-order valence-corrected chi connectivity index (χ2v) is 4.74. The van der Waals surface area contributed by atoms with Gasteiger partial charge >= 0.3 is 5.97 Å². The van der Waals surface area contributed by atoms with Crippen molar-refractivity contribution in [1.29, 1.82) is 0 Å². The van der Waals surface area contributed by atoms with Crippen LogP contribution in [0.15, 0.2) is 0 Å². The molecule has 3 heteroatoms. The molecule has 1 aliphatic rings. The summed E-state index contributed by atoms with van der Waals surface area (Å²) in [6.07, 6.45) is 2.26. The first kappa shape index (κ1) is 12.5. The first-order chi connectivity index (χ1) is 7.04. The average Bonchev–Trinajstić information content (AvgIpc) is 2.87. The fourth-order valence-corrected chi connectivity index (χ4v) is 1.55. The minimum Gasteiger partial charge on any atom is -0.465 e. The summed E-state index contributed by atoms with van der Waals surface area (Å²) in [5.41, 5.74) is 0. The molecular formula is C12H22O3. The van der Waals surface area contributed by atoms with Gasteiger partial charge in [-0.2, -0.15) is 0 Å². The maximum absolute atomic E-state index is 11.7. The van der Waals surface area contributed by atoms with E-state index in [9.17, 15) is 4.79 Å². The number of epoxide rings is 1. The van der Waals surface area contributed by atoms with E-state index in [1.807, 2.05) is 27.7 Å². The number of carbonyl (C=O) groups is 1. The number of hydrogen-bond donors (Lipinski definition) is 0. The second kappa shape index (κ2) is 5.50. The lowest BCUT2D eigenvalue weighted by atomic mass is 9.99. The molecule has 3 atom stereocenters. The molecule has 3 nitrogen and oxygen atoms in total. The summed E-state index contributed by atoms with van der Waals surface area (Å²) in [5, 5.41) is 0. The predicted octanol–water partition coefficient (Wildman–Crippen LogP) is 2.39. The van der Waals surface area contributed by atoms with E-state index in [0.717, 1.165) is 12.8 Å². The summed E-state index contributed by atoms with van der Waals surface area (Å²) in [6.45, 7) is 8.67. The molecule has 88 valence electrons. The van der Waals surface area contributed by atoms with Crippen molar-refractivity contribution in [2.45, 2.75) is 52.7 Å². The molecule has 0 aromatic heterocycles. The molecule has 3 unspecified atom stereocenters. The van der Waals surface area contributed by atoms with E-state index >= 15 is 0 Å². The standard InChI is InChI=1S/C12H22O3/c1-5-10(6-11-9(4)15-11)12(13)14-7-8(2)3/h8-11H,5-7H2,1-4H3. The number of hydrogen-bond acceptors (Lipinski definition) is 3. The van der Waals surface area contributed by atoms with E-state index < -0.39 is 0 Å². The quantitative estimate of drug-likeness (QED) is 0.503. The molecule has 1 saturated heterocycles. The van der Waals surface area contributed by atoms with E-state index in [2.05, 4.69) is 0 Å². The van der Waals surface area contributed by atoms with Gasteiger partial charge in [-0.1, -0.05) is 20.8 Å². The molecule has 0 saturated carbocycles. The van der Waals surface area contributed by atoms with Crippen LogP contribution in [-0.4, -0.2) is 24.8 Å². The molecule has 0 spiro atoms. The summed E-state index contributed by atoms with van der Waals surface area (Å²) in [5.74, 6) is 0.357. The van der Waals surface area contributed by atoms with Crippen LogP contribution >= 0.6 is 0 Å². The fourth-order valence-electron chi connectivity index (χ4n) is 1.55. The number of esters is 1. The van der Waals surface area contributed by atoms with E-state index in [0.29, 0.717) is 18.6 Å². The molecule has 0 radical (unpaired) electrons. The van der Waals surface area contributed by atoms with Crippen molar-refractivity contribution in [3.63, 3.8) is 0 Å². The molecule has 1 heterocycles. The number of rotatable bonds is 6. The van der Waals surface area contributed by atoms with Gasteiger partial charge in [0.1, 0.15) is 0 Å². The van der Waals surface area contributed by atoms with Crippen LogP contribution in [0.25, 0.3) is 0 Å². The van der Waals surface area contributed by atoms with Crippen LogP contribution in [0, 0.1) is 11.8 Å². The Balaban J connectivity index is 2.27. The Morgan fingerprint density at radius 2 is 2.07 bits per heavy atom. The van der Waals surface area contributed by atoms with Crippen LogP contribution in [0.5, 0.6) is 0 Å². The smallest absolute Gasteiger partial charge is 0.309 e. The van der Waals surface area contributed by atoms with Crippen molar-refractivity contribution in [2.24, 2.45) is 11.8 Å². The van der Waals surface area contributed by atoms with Crippen LogP contribution in [0.3, 0.4) is 0 Å². The van der Waals surface area contributed by atoms with Crippen molar-refractivity contribution in [1.82, 2.24) is 0 Å². The topological polar surface area (TPSA) is 38.8 Å². The molecule has 0 aromatic carbocycles. The summed E-state index contributed by atoms with van der Waals surface area (Å²) in [4.78, 5) is 11.7. The SMILES string of the molecule is CCC(CC1OC1C)C(=O)OCC(C)C. The van der Waals surface area contributed by atoms with E-state index in [-0.39, 0.29) is 18.0 Å². The maximum Gasteiger partial charge on any atom is 0.309 e. The van der Waals surface area contributed by atoms with E-state index in [4.69, 9.17) is 9.47 Å². The Bertz CT molecular complexity index is 213. The second-order valence-electron chi connectivity index (χ2n) is 4.74. The molecule has 0 amide bonds. The fraction of sp³-hybridized carbons (Fsp3) is 0.917. The van der Waals surface area contributed by atoms with Crippen molar-refractivity contribution >= 4 is 5.97 Å². The number of carbonyl (C=O) groups excluding carboxylic acids is 1. The predicted molar refractivity (Wildman–Crippen MR) is 58.5 cm³/mol. The van der Waals surface area contributed by atoms with Gasteiger partial charge in [0, 0.05) is 0 Å². The van der Waals surface area contributed by atoms with Crippen LogP contribution < -0.4 is 0 Å². The van der Waals surface area contributed by atoms with Crippen molar-refractivity contribution < 1.29 is 14.3 Å². The Morgan fingerprint density at radius 1 is 1.47 bits per heavy atom. The summed E-state index contributed by atoms with van der Waals surface area (Å²) in [7, 11) is 0. The van der Waals surface area contributed by atoms with Gasteiger partial charge < -0.3 is 9.47 Å². The first-order valence-electron chi connectivity index (χ1n) is 5.86. The highest BCUT2D eigenvalue weighted by Crippen LogP contribution is 2.29. The van der Waals surface area contributed by atoms with Gasteiger partial charge in [-0.3, -0.25) is 4.79 Å². The van der Waals surface area contributed by atoms with Crippen molar-refractivity contribution in [3.8, 4) is 0 Å². The molecule has 0 aliphatic carbocycles. The first-order valence-corrected chi connectivity index (χ1v) is 5.86. The van der Waals surface area contributed by atoms with Gasteiger partial charge in [-0.05, 0) is 25.7 Å². The zero-order chi connectivity index (χ0) is 11.4. The largest absolute Gasteiger partial charge is 0.465 e. The monoisotopic (exact) mass is 214 g/mol. The van der Waals surface area contributed by atoms with Crippen LogP contribution in [0.2, 0.25) is 0 Å². The summed E-state index contributed by atoms with van der Waals surface area (Å²) >= 11 is 0. The Labute approximate surface area is 92.1 Å². The van der Waals surface area contributed by atoms with Gasteiger partial charge in [-0.15, -0.1) is 0 Å². The molecule has 1 rings (SSSR count). The van der Waals surface area contributed by atoms with Crippen LogP contribution in [0.1, 0.15) is 40.5 Å². The molecule has 1 aliphatic heterocycles. The van der Waals surface area contributed by atoms with Crippen LogP contribution in [0.4, 0.5) is 0 Å². The molecular weight excluding hydrogens is 192 g/mol. The van der Waals surface area contributed by atoms with E-state index in [1.165, 1.54) is 0 Å². The highest BCUT2D eigenvalue weighted by atomic mass is 16.6. The van der Waals surface area contributed by atoms with Crippen molar-refractivity contribution in [3.05, 3.63) is 0 Å². The molecule has 1 fully saturated rings. The Hall–Kier alpha value is -0.570. The van der Waals surface area contributed by atoms with Crippen LogP contribution in [-0.2, 0) is 14.3 Å². The maximum atomic E-state index is 11.7. The Morgan fingerprint density at radius 3 is 2.47 bits per heavy atom. The minimum absolute atomic E-state index is 0.0127. The Kier molecular flexibility index (Phi) is 4.58. The third-order valence-corrected chi connectivity index (χ3v) is 2.74. The van der Waals surface area contributed by atoms with E-state index in [1.54, 1.807) is 0 Å². The number of ether oxygens (including phenoxy) is 2. The lowest BCUT2D eigenvalue weighted by Gasteiger charge is -2.14. The normalized spacial score (nSPS) is 26.5. The van der Waals surface area contributed by atoms with Gasteiger partial charge in [0.2, 0.25) is 0 Å². The zero-order valence-electron chi connectivity index (χ0n) is 10.2. The molecule has 0 bridgehead atoms. The zero-order valence-corrected chi connectivity index (χ0v) is 10.2. The van der Waals surface area contributed by atoms with Gasteiger partial charge in [0.05, 0.1) is 24.7 Å². The summed E-state index contributed by atoms with van der Waals surface area (Å²) in [6, 6.07) is 0. The lowest BCUT2D eigenvalue weighted by molar-refractivity contribution is -0.150. The molecule has 0 aromatic rings. The molecule has 15 heavy (non-hydrogen) atoms. The van der Waals surface area contributed by atoms with Gasteiger partial charge in [0.15, 0.2) is 0 Å². The van der Waals surface area contributed by atoms with Gasteiger partial charge in [-0.25, -0.2) is 0 Å². The highest BCUT2D eigenvalue weighted by molar-refractivity contribution is 5.72. The molecule has 0 N–H and O–H groups in total.